The molecule has 1 atom stereocenters. The monoisotopic (exact) mass is 477 g/mol. The van der Waals surface area contributed by atoms with E-state index in [0.717, 1.165) is 37.7 Å². The Morgan fingerprint density at radius 3 is 2.52 bits per heavy atom. The second kappa shape index (κ2) is 9.54. The molecule has 0 spiro atoms. The van der Waals surface area contributed by atoms with E-state index in [9.17, 15) is 17.6 Å². The van der Waals surface area contributed by atoms with Crippen LogP contribution in [0.2, 0.25) is 0 Å². The molecule has 2 aromatic rings. The number of halogens is 1. The predicted molar refractivity (Wildman–Crippen MR) is 122 cm³/mol. The molecule has 33 heavy (non-hydrogen) atoms. The first-order valence-electron chi connectivity index (χ1n) is 11.7. The molecule has 2 aliphatic rings. The predicted octanol–water partition coefficient (Wildman–Crippen LogP) is 3.85. The molecule has 1 aliphatic carbocycles. The van der Waals surface area contributed by atoms with E-state index in [2.05, 4.69) is 10.5 Å². The Labute approximate surface area is 194 Å². The summed E-state index contributed by atoms with van der Waals surface area (Å²) in [5.74, 6) is -0.545. The summed E-state index contributed by atoms with van der Waals surface area (Å²) >= 11 is 0. The lowest BCUT2D eigenvalue weighted by molar-refractivity contribution is -0.126. The number of nitrogens with one attached hydrogen (secondary N) is 1. The van der Waals surface area contributed by atoms with Gasteiger partial charge in [-0.05, 0) is 57.2 Å². The van der Waals surface area contributed by atoms with Crippen LogP contribution in [0.15, 0.2) is 33.7 Å². The quantitative estimate of drug-likeness (QED) is 0.682. The summed E-state index contributed by atoms with van der Waals surface area (Å²) in [4.78, 5) is 13.2. The van der Waals surface area contributed by atoms with E-state index in [1.807, 2.05) is 12.1 Å². The molecule has 180 valence electrons. The molecule has 1 amide bonds. The van der Waals surface area contributed by atoms with Gasteiger partial charge in [0.05, 0.1) is 5.92 Å². The van der Waals surface area contributed by atoms with E-state index in [0.29, 0.717) is 31.6 Å². The second-order valence-corrected chi connectivity index (χ2v) is 11.3. The number of hydrogen-bond donors (Lipinski definition) is 1. The number of sulfonamides is 1. The van der Waals surface area contributed by atoms with Crippen molar-refractivity contribution >= 4 is 15.9 Å². The van der Waals surface area contributed by atoms with Crippen LogP contribution in [-0.2, 0) is 20.2 Å². The summed E-state index contributed by atoms with van der Waals surface area (Å²) in [6.45, 7) is 4.18. The average molecular weight is 478 g/mol. The van der Waals surface area contributed by atoms with Crippen LogP contribution in [0.4, 0.5) is 4.39 Å². The van der Waals surface area contributed by atoms with Crippen LogP contribution in [0.1, 0.15) is 62.0 Å². The highest BCUT2D eigenvalue weighted by atomic mass is 32.2. The Morgan fingerprint density at radius 2 is 1.88 bits per heavy atom. The van der Waals surface area contributed by atoms with Gasteiger partial charge in [0.2, 0.25) is 15.9 Å². The smallest absolute Gasteiger partial charge is 0.248 e. The van der Waals surface area contributed by atoms with Gasteiger partial charge in [0, 0.05) is 25.0 Å². The van der Waals surface area contributed by atoms with E-state index in [-0.39, 0.29) is 34.3 Å². The van der Waals surface area contributed by atoms with E-state index in [1.54, 1.807) is 13.8 Å². The van der Waals surface area contributed by atoms with Gasteiger partial charge in [0.1, 0.15) is 16.4 Å². The fourth-order valence-electron chi connectivity index (χ4n) is 5.35. The first-order chi connectivity index (χ1) is 15.7. The number of aryl methyl sites for hydroxylation is 2. The van der Waals surface area contributed by atoms with Gasteiger partial charge in [-0.15, -0.1) is 0 Å². The van der Waals surface area contributed by atoms with Crippen LogP contribution in [0.5, 0.6) is 0 Å². The number of hydrogen-bond acceptors (Lipinski definition) is 5. The zero-order chi connectivity index (χ0) is 23.6. The van der Waals surface area contributed by atoms with Gasteiger partial charge >= 0.3 is 0 Å². The highest BCUT2D eigenvalue weighted by molar-refractivity contribution is 7.89. The van der Waals surface area contributed by atoms with Crippen LogP contribution in [-0.4, -0.2) is 43.4 Å². The largest absolute Gasteiger partial charge is 0.360 e. The molecular formula is C24H32FN3O4S. The summed E-state index contributed by atoms with van der Waals surface area (Å²) in [5, 5.41) is 6.89. The molecule has 1 aromatic carbocycles. The van der Waals surface area contributed by atoms with Crippen LogP contribution >= 0.6 is 0 Å². The number of piperidine rings is 1. The lowest BCUT2D eigenvalue weighted by Gasteiger charge is -2.39. The fraction of sp³-hybridized carbons (Fsp3) is 0.583. The summed E-state index contributed by atoms with van der Waals surface area (Å²) in [5.41, 5.74) is 1.17. The molecule has 2 fully saturated rings. The summed E-state index contributed by atoms with van der Waals surface area (Å²) in [6.07, 6.45) is 6.44. The van der Waals surface area contributed by atoms with Crippen LogP contribution < -0.4 is 5.32 Å². The molecule has 0 radical (unpaired) electrons. The number of rotatable bonds is 6. The van der Waals surface area contributed by atoms with E-state index < -0.39 is 15.9 Å². The molecule has 1 unspecified atom stereocenters. The normalized spacial score (nSPS) is 21.6. The Kier molecular flexibility index (Phi) is 6.91. The SMILES string of the molecule is Cc1noc(C)c1S(=O)(=O)N1CCCC(C(=O)NCC2(c3ccc(F)cc3)CCCCC2)C1. The maximum Gasteiger partial charge on any atom is 0.248 e. The summed E-state index contributed by atoms with van der Waals surface area (Å²) in [6, 6.07) is 6.61. The molecular weight excluding hydrogens is 445 g/mol. The van der Waals surface area contributed by atoms with Crippen molar-refractivity contribution in [3.05, 3.63) is 47.1 Å². The maximum absolute atomic E-state index is 13.5. The molecule has 1 aromatic heterocycles. The minimum atomic E-state index is -3.78. The highest BCUT2D eigenvalue weighted by Crippen LogP contribution is 2.39. The highest BCUT2D eigenvalue weighted by Gasteiger charge is 2.38. The zero-order valence-corrected chi connectivity index (χ0v) is 20.1. The summed E-state index contributed by atoms with van der Waals surface area (Å²) in [7, 11) is -3.78. The van der Waals surface area contributed by atoms with Crippen molar-refractivity contribution in [1.82, 2.24) is 14.8 Å². The first kappa shape index (κ1) is 23.9. The molecule has 1 N–H and O–H groups in total. The molecule has 7 nitrogen and oxygen atoms in total. The summed E-state index contributed by atoms with van der Waals surface area (Å²) < 4.78 is 46.3. The van der Waals surface area contributed by atoms with Gasteiger partial charge in [-0.3, -0.25) is 4.79 Å². The molecule has 1 aliphatic heterocycles. The molecule has 0 bridgehead atoms. The topological polar surface area (TPSA) is 92.5 Å². The number of benzene rings is 1. The molecule has 1 saturated carbocycles. The Balaban J connectivity index is 1.46. The third kappa shape index (κ3) is 4.84. The van der Waals surface area contributed by atoms with Crippen LogP contribution in [0, 0.1) is 25.6 Å². The lowest BCUT2D eigenvalue weighted by atomic mass is 9.69. The fourth-order valence-corrected chi connectivity index (χ4v) is 7.16. The number of aromatic nitrogens is 1. The van der Waals surface area contributed by atoms with Crippen molar-refractivity contribution in [1.29, 1.82) is 0 Å². The van der Waals surface area contributed by atoms with Gasteiger partial charge in [0.15, 0.2) is 5.76 Å². The van der Waals surface area contributed by atoms with Crippen LogP contribution in [0.3, 0.4) is 0 Å². The average Bonchev–Trinajstić information content (AvgIpc) is 3.17. The van der Waals surface area contributed by atoms with Crippen molar-refractivity contribution in [2.75, 3.05) is 19.6 Å². The van der Waals surface area contributed by atoms with Crippen LogP contribution in [0.25, 0.3) is 0 Å². The van der Waals surface area contributed by atoms with Crippen molar-refractivity contribution in [2.45, 2.75) is 69.1 Å². The van der Waals surface area contributed by atoms with Gasteiger partial charge in [-0.25, -0.2) is 12.8 Å². The minimum absolute atomic E-state index is 0.0982. The number of carbonyl (C=O) groups excluding carboxylic acids is 1. The molecule has 1 saturated heterocycles. The van der Waals surface area contributed by atoms with Crippen molar-refractivity contribution in [2.24, 2.45) is 5.92 Å². The Hall–Kier alpha value is -2.26. The Morgan fingerprint density at radius 1 is 1.18 bits per heavy atom. The van der Waals surface area contributed by atoms with Crippen molar-refractivity contribution in [3.8, 4) is 0 Å². The molecule has 9 heteroatoms. The van der Waals surface area contributed by atoms with E-state index in [4.69, 9.17) is 4.52 Å². The van der Waals surface area contributed by atoms with Gasteiger partial charge < -0.3 is 9.84 Å². The van der Waals surface area contributed by atoms with E-state index in [1.165, 1.54) is 16.4 Å². The van der Waals surface area contributed by atoms with E-state index >= 15 is 0 Å². The Bertz CT molecular complexity index is 1070. The maximum atomic E-state index is 13.5. The van der Waals surface area contributed by atoms with Crippen molar-refractivity contribution in [3.63, 3.8) is 0 Å². The van der Waals surface area contributed by atoms with Crippen molar-refractivity contribution < 1.29 is 22.1 Å². The molecule has 4 rings (SSSR count). The number of nitrogens with zero attached hydrogens (tertiary/aromatic N) is 2. The number of carbonyl (C=O) groups is 1. The second-order valence-electron chi connectivity index (χ2n) is 9.42. The lowest BCUT2D eigenvalue weighted by Crippen LogP contribution is -2.48. The first-order valence-corrected chi connectivity index (χ1v) is 13.1. The van der Waals surface area contributed by atoms with Gasteiger partial charge in [-0.2, -0.15) is 4.31 Å². The third-order valence-corrected chi connectivity index (χ3v) is 9.30. The number of amides is 1. The van der Waals surface area contributed by atoms with Gasteiger partial charge in [-0.1, -0.05) is 36.6 Å². The zero-order valence-electron chi connectivity index (χ0n) is 19.3. The van der Waals surface area contributed by atoms with Gasteiger partial charge in [0.25, 0.3) is 0 Å². The minimum Gasteiger partial charge on any atom is -0.360 e. The third-order valence-electron chi connectivity index (χ3n) is 7.19. The molecule has 2 heterocycles. The standard InChI is InChI=1S/C24H32FN3O4S/c1-17-22(18(2)32-27-17)33(30,31)28-14-6-7-19(15-28)23(29)26-16-24(12-4-3-5-13-24)20-8-10-21(25)11-9-20/h8-11,19H,3-7,12-16H2,1-2H3,(H,26,29).